The van der Waals surface area contributed by atoms with Crippen LogP contribution < -0.4 is 5.32 Å². The Morgan fingerprint density at radius 2 is 1.88 bits per heavy atom. The molecule has 2 heterocycles. The molecule has 0 amide bonds. The molecule has 3 heteroatoms. The van der Waals surface area contributed by atoms with E-state index in [2.05, 4.69) is 30.4 Å². The van der Waals surface area contributed by atoms with E-state index in [4.69, 9.17) is 0 Å². The summed E-state index contributed by atoms with van der Waals surface area (Å²) >= 11 is 0. The molecule has 3 nitrogen and oxygen atoms in total. The molecule has 0 bridgehead atoms. The monoisotopic (exact) mass is 236 g/mol. The summed E-state index contributed by atoms with van der Waals surface area (Å²) in [6.45, 7) is 4.41. The summed E-state index contributed by atoms with van der Waals surface area (Å²) in [5, 5.41) is 13.9. The molecule has 0 aromatic rings. The number of hydrogen-bond donors (Lipinski definition) is 2. The van der Waals surface area contributed by atoms with E-state index < -0.39 is 0 Å². The van der Waals surface area contributed by atoms with Crippen molar-refractivity contribution in [2.24, 2.45) is 22.7 Å². The Labute approximate surface area is 104 Å². The number of aliphatic hydroxyl groups excluding tert-OH is 1. The molecule has 2 aliphatic heterocycles. The standard InChI is InChI=1S/C14H24N2O/c1-8-3-5-11-10-6-4-9(2)16-12(10)7-15-13(11)14(8)17/h7-14,16-17H,3-6H2,1-2H3. The van der Waals surface area contributed by atoms with Crippen LogP contribution >= 0.6 is 0 Å². The minimum absolute atomic E-state index is 0.176. The van der Waals surface area contributed by atoms with Gasteiger partial charge in [-0.2, -0.15) is 0 Å². The van der Waals surface area contributed by atoms with Gasteiger partial charge >= 0.3 is 0 Å². The molecule has 2 fully saturated rings. The van der Waals surface area contributed by atoms with Crippen molar-refractivity contribution >= 4 is 6.21 Å². The first-order chi connectivity index (χ1) is 8.16. The van der Waals surface area contributed by atoms with Crippen LogP contribution in [0.15, 0.2) is 4.99 Å². The maximum Gasteiger partial charge on any atom is 0.0791 e. The van der Waals surface area contributed by atoms with Crippen molar-refractivity contribution in [3.05, 3.63) is 0 Å². The fourth-order valence-corrected chi connectivity index (χ4v) is 4.04. The van der Waals surface area contributed by atoms with Gasteiger partial charge in [0, 0.05) is 18.3 Å². The first-order valence-electron chi connectivity index (χ1n) is 7.14. The number of aliphatic imine (C=N–C) groups is 1. The Bertz CT molecular complexity index is 317. The van der Waals surface area contributed by atoms with Gasteiger partial charge in [0.1, 0.15) is 0 Å². The smallest absolute Gasteiger partial charge is 0.0791 e. The lowest BCUT2D eigenvalue weighted by Gasteiger charge is -2.48. The van der Waals surface area contributed by atoms with Gasteiger partial charge in [-0.3, -0.25) is 4.99 Å². The van der Waals surface area contributed by atoms with Crippen LogP contribution in [0.5, 0.6) is 0 Å². The molecule has 7 unspecified atom stereocenters. The molecule has 7 atom stereocenters. The Morgan fingerprint density at radius 1 is 1.12 bits per heavy atom. The summed E-state index contributed by atoms with van der Waals surface area (Å²) in [6.07, 6.45) is 6.85. The average Bonchev–Trinajstić information content (AvgIpc) is 2.33. The van der Waals surface area contributed by atoms with E-state index in [9.17, 15) is 5.11 Å². The van der Waals surface area contributed by atoms with E-state index >= 15 is 0 Å². The van der Waals surface area contributed by atoms with Gasteiger partial charge in [0.2, 0.25) is 0 Å². The van der Waals surface area contributed by atoms with Crippen LogP contribution in [0.3, 0.4) is 0 Å². The van der Waals surface area contributed by atoms with E-state index in [0.717, 1.165) is 6.42 Å². The SMILES string of the molecule is CC1CCC2C(C=NC3C(O)C(C)CCC23)N1. The minimum Gasteiger partial charge on any atom is -0.391 e. The van der Waals surface area contributed by atoms with Crippen molar-refractivity contribution < 1.29 is 5.11 Å². The summed E-state index contributed by atoms with van der Waals surface area (Å²) in [5.74, 6) is 1.73. The van der Waals surface area contributed by atoms with E-state index in [1.54, 1.807) is 0 Å². The third kappa shape index (κ3) is 1.93. The first-order valence-corrected chi connectivity index (χ1v) is 7.14. The predicted molar refractivity (Wildman–Crippen MR) is 69.3 cm³/mol. The van der Waals surface area contributed by atoms with E-state index in [1.165, 1.54) is 19.3 Å². The maximum absolute atomic E-state index is 10.3. The number of fused-ring (bicyclic) bond motifs is 3. The molecule has 96 valence electrons. The van der Waals surface area contributed by atoms with Gasteiger partial charge in [-0.05, 0) is 50.4 Å². The number of hydrogen-bond acceptors (Lipinski definition) is 3. The van der Waals surface area contributed by atoms with Crippen molar-refractivity contribution in [3.8, 4) is 0 Å². The second-order valence-corrected chi connectivity index (χ2v) is 6.33. The zero-order chi connectivity index (χ0) is 12.0. The van der Waals surface area contributed by atoms with Crippen LogP contribution in [0, 0.1) is 17.8 Å². The van der Waals surface area contributed by atoms with Gasteiger partial charge in [0.05, 0.1) is 12.1 Å². The normalized spacial score (nSPS) is 53.9. The van der Waals surface area contributed by atoms with Crippen molar-refractivity contribution in [2.45, 2.75) is 63.8 Å². The largest absolute Gasteiger partial charge is 0.391 e. The molecule has 3 rings (SSSR count). The summed E-state index contributed by atoms with van der Waals surface area (Å²) in [5.41, 5.74) is 0. The Morgan fingerprint density at radius 3 is 2.71 bits per heavy atom. The molecule has 17 heavy (non-hydrogen) atoms. The molecule has 0 radical (unpaired) electrons. The highest BCUT2D eigenvalue weighted by atomic mass is 16.3. The molecule has 1 saturated carbocycles. The summed E-state index contributed by atoms with van der Waals surface area (Å²) in [4.78, 5) is 4.66. The highest BCUT2D eigenvalue weighted by Gasteiger charge is 2.45. The lowest BCUT2D eigenvalue weighted by molar-refractivity contribution is 0.00110. The maximum atomic E-state index is 10.3. The van der Waals surface area contributed by atoms with Crippen molar-refractivity contribution in [3.63, 3.8) is 0 Å². The van der Waals surface area contributed by atoms with Gasteiger partial charge in [0.25, 0.3) is 0 Å². The van der Waals surface area contributed by atoms with Gasteiger partial charge in [-0.25, -0.2) is 0 Å². The molecule has 0 spiro atoms. The molecule has 1 aliphatic carbocycles. The lowest BCUT2D eigenvalue weighted by Crippen LogP contribution is -2.57. The number of nitrogens with zero attached hydrogens (tertiary/aromatic N) is 1. The lowest BCUT2D eigenvalue weighted by atomic mass is 9.66. The van der Waals surface area contributed by atoms with Crippen LogP contribution in [0.25, 0.3) is 0 Å². The summed E-state index contributed by atoms with van der Waals surface area (Å²) in [6, 6.07) is 1.25. The van der Waals surface area contributed by atoms with Crippen LogP contribution in [-0.4, -0.2) is 35.6 Å². The van der Waals surface area contributed by atoms with Crippen molar-refractivity contribution in [1.82, 2.24) is 5.32 Å². The Kier molecular flexibility index (Phi) is 2.99. The fraction of sp³-hybridized carbons (Fsp3) is 0.929. The van der Waals surface area contributed by atoms with Crippen LogP contribution in [0.4, 0.5) is 0 Å². The Hall–Kier alpha value is -0.410. The number of piperidine rings is 1. The molecular formula is C14H24N2O. The third-order valence-corrected chi connectivity index (χ3v) is 5.17. The van der Waals surface area contributed by atoms with Gasteiger partial charge < -0.3 is 10.4 Å². The zero-order valence-electron chi connectivity index (χ0n) is 10.8. The van der Waals surface area contributed by atoms with Gasteiger partial charge in [0.15, 0.2) is 0 Å². The zero-order valence-corrected chi connectivity index (χ0v) is 10.8. The quantitative estimate of drug-likeness (QED) is 0.671. The molecule has 3 aliphatic rings. The summed E-state index contributed by atoms with van der Waals surface area (Å²) < 4.78 is 0. The molecule has 2 N–H and O–H groups in total. The first kappa shape index (κ1) is 11.7. The number of rotatable bonds is 0. The Balaban J connectivity index is 1.82. The minimum atomic E-state index is -0.217. The van der Waals surface area contributed by atoms with E-state index in [-0.39, 0.29) is 12.1 Å². The predicted octanol–water partition coefficient (Wildman–Crippen LogP) is 1.60. The highest BCUT2D eigenvalue weighted by molar-refractivity contribution is 5.67. The second-order valence-electron chi connectivity index (χ2n) is 6.33. The van der Waals surface area contributed by atoms with Crippen LogP contribution in [0.1, 0.15) is 39.5 Å². The fourth-order valence-electron chi connectivity index (χ4n) is 4.04. The highest BCUT2D eigenvalue weighted by Crippen LogP contribution is 2.42. The number of nitrogens with one attached hydrogen (secondary N) is 1. The van der Waals surface area contributed by atoms with Gasteiger partial charge in [-0.15, -0.1) is 0 Å². The van der Waals surface area contributed by atoms with Crippen molar-refractivity contribution in [1.29, 1.82) is 0 Å². The summed E-state index contributed by atoms with van der Waals surface area (Å²) in [7, 11) is 0. The van der Waals surface area contributed by atoms with Crippen molar-refractivity contribution in [2.75, 3.05) is 0 Å². The van der Waals surface area contributed by atoms with E-state index in [1.807, 2.05) is 0 Å². The van der Waals surface area contributed by atoms with Crippen LogP contribution in [-0.2, 0) is 0 Å². The van der Waals surface area contributed by atoms with E-state index in [0.29, 0.717) is 29.8 Å². The second kappa shape index (κ2) is 4.36. The average molecular weight is 236 g/mol. The number of aliphatic hydroxyl groups is 1. The molecule has 0 aromatic carbocycles. The van der Waals surface area contributed by atoms with Crippen LogP contribution in [0.2, 0.25) is 0 Å². The molecular weight excluding hydrogens is 212 g/mol. The third-order valence-electron chi connectivity index (χ3n) is 5.17. The van der Waals surface area contributed by atoms with Gasteiger partial charge in [-0.1, -0.05) is 6.92 Å². The molecule has 0 aromatic heterocycles. The topological polar surface area (TPSA) is 44.6 Å². The molecule has 1 saturated heterocycles.